The predicted octanol–water partition coefficient (Wildman–Crippen LogP) is 3.16. The number of amides is 1. The zero-order valence-electron chi connectivity index (χ0n) is 18.4. The molecule has 0 bridgehead atoms. The average Bonchev–Trinajstić information content (AvgIpc) is 3.32. The summed E-state index contributed by atoms with van der Waals surface area (Å²) >= 11 is 0. The normalized spacial score (nSPS) is 12.5. The van der Waals surface area contributed by atoms with Crippen molar-refractivity contribution >= 4 is 27.8 Å². The molecular weight excluding hydrogens is 458 g/mol. The molecule has 0 saturated carbocycles. The summed E-state index contributed by atoms with van der Waals surface area (Å²) in [7, 11) is -4.01. The van der Waals surface area contributed by atoms with E-state index in [9.17, 15) is 13.2 Å². The number of nitrogens with zero attached hydrogens (tertiary/aromatic N) is 2. The van der Waals surface area contributed by atoms with E-state index in [2.05, 4.69) is 10.5 Å². The first kappa shape index (κ1) is 23.1. The van der Waals surface area contributed by atoms with Gasteiger partial charge in [-0.1, -0.05) is 18.2 Å². The summed E-state index contributed by atoms with van der Waals surface area (Å²) in [6.45, 7) is 2.03. The number of carbonyl (C=O) groups excluding carboxylic acids is 1. The van der Waals surface area contributed by atoms with Gasteiger partial charge in [0.05, 0.1) is 23.4 Å². The van der Waals surface area contributed by atoms with E-state index >= 15 is 0 Å². The standard InChI is InChI=1S/C24H23N3O6S/c1-2-31-20-11-9-19(10-12-20)27(34(29,30)21-6-4-3-5-7-21)16-24(28)26-25-15-18-8-13-22-23(14-18)33-17-32-22/h3-15H,2,16-17H2,1H3,(H,26,28)/b25-15-. The summed E-state index contributed by atoms with van der Waals surface area (Å²) in [5, 5.41) is 3.94. The molecule has 0 aliphatic carbocycles. The molecule has 0 saturated heterocycles. The summed E-state index contributed by atoms with van der Waals surface area (Å²) in [4.78, 5) is 12.7. The number of anilines is 1. The second-order valence-corrected chi connectivity index (χ2v) is 9.02. The van der Waals surface area contributed by atoms with Gasteiger partial charge in [-0.3, -0.25) is 9.10 Å². The van der Waals surface area contributed by atoms with Crippen LogP contribution in [-0.4, -0.2) is 40.5 Å². The Kier molecular flexibility index (Phi) is 6.98. The van der Waals surface area contributed by atoms with Gasteiger partial charge in [0.1, 0.15) is 12.3 Å². The molecule has 3 aromatic rings. The van der Waals surface area contributed by atoms with Gasteiger partial charge in [-0.2, -0.15) is 5.10 Å². The van der Waals surface area contributed by atoms with E-state index in [0.717, 1.165) is 4.31 Å². The van der Waals surface area contributed by atoms with Crippen molar-refractivity contribution in [3.63, 3.8) is 0 Å². The smallest absolute Gasteiger partial charge is 0.264 e. The minimum atomic E-state index is -4.01. The molecule has 0 radical (unpaired) electrons. The Morgan fingerprint density at radius 2 is 1.79 bits per heavy atom. The second kappa shape index (κ2) is 10.3. The first-order chi connectivity index (χ1) is 16.5. The Balaban J connectivity index is 1.52. The molecule has 1 amide bonds. The monoisotopic (exact) mass is 481 g/mol. The molecule has 0 unspecified atom stereocenters. The molecule has 4 rings (SSSR count). The lowest BCUT2D eigenvalue weighted by Gasteiger charge is -2.24. The van der Waals surface area contributed by atoms with Crippen molar-refractivity contribution in [3.8, 4) is 17.2 Å². The van der Waals surface area contributed by atoms with E-state index < -0.39 is 22.5 Å². The first-order valence-corrected chi connectivity index (χ1v) is 11.9. The fourth-order valence-electron chi connectivity index (χ4n) is 3.25. The van der Waals surface area contributed by atoms with Gasteiger partial charge in [-0.25, -0.2) is 13.8 Å². The van der Waals surface area contributed by atoms with E-state index in [-0.39, 0.29) is 11.7 Å². The molecule has 3 aromatic carbocycles. The maximum atomic E-state index is 13.3. The number of fused-ring (bicyclic) bond motifs is 1. The topological polar surface area (TPSA) is 107 Å². The highest BCUT2D eigenvalue weighted by Gasteiger charge is 2.27. The lowest BCUT2D eigenvalue weighted by atomic mass is 10.2. The van der Waals surface area contributed by atoms with Crippen molar-refractivity contribution in [2.75, 3.05) is 24.2 Å². The van der Waals surface area contributed by atoms with Crippen LogP contribution in [0.3, 0.4) is 0 Å². The fourth-order valence-corrected chi connectivity index (χ4v) is 4.69. The highest BCUT2D eigenvalue weighted by Crippen LogP contribution is 2.32. The molecule has 34 heavy (non-hydrogen) atoms. The van der Waals surface area contributed by atoms with E-state index in [1.807, 2.05) is 6.92 Å². The second-order valence-electron chi connectivity index (χ2n) is 7.16. The predicted molar refractivity (Wildman–Crippen MR) is 127 cm³/mol. The molecule has 1 aliphatic heterocycles. The van der Waals surface area contributed by atoms with Gasteiger partial charge >= 0.3 is 0 Å². The number of sulfonamides is 1. The van der Waals surface area contributed by atoms with Gasteiger partial charge in [0.15, 0.2) is 11.5 Å². The lowest BCUT2D eigenvalue weighted by Crippen LogP contribution is -2.39. The number of ether oxygens (including phenoxy) is 3. The van der Waals surface area contributed by atoms with Gasteiger partial charge in [-0.15, -0.1) is 0 Å². The number of benzene rings is 3. The summed E-state index contributed by atoms with van der Waals surface area (Å²) in [5.74, 6) is 1.22. The van der Waals surface area contributed by atoms with Crippen LogP contribution in [0.4, 0.5) is 5.69 Å². The van der Waals surface area contributed by atoms with Crippen LogP contribution < -0.4 is 23.9 Å². The summed E-state index contributed by atoms with van der Waals surface area (Å²) in [6.07, 6.45) is 1.44. The van der Waals surface area contributed by atoms with E-state index in [0.29, 0.717) is 35.1 Å². The van der Waals surface area contributed by atoms with Crippen LogP contribution in [0, 0.1) is 0 Å². The van der Waals surface area contributed by atoms with Crippen LogP contribution in [-0.2, 0) is 14.8 Å². The molecule has 1 N–H and O–H groups in total. The Hall–Kier alpha value is -4.05. The number of hydrogen-bond donors (Lipinski definition) is 1. The largest absolute Gasteiger partial charge is 0.494 e. The van der Waals surface area contributed by atoms with Crippen molar-refractivity contribution in [2.45, 2.75) is 11.8 Å². The van der Waals surface area contributed by atoms with Crippen molar-refractivity contribution in [1.29, 1.82) is 0 Å². The highest BCUT2D eigenvalue weighted by atomic mass is 32.2. The van der Waals surface area contributed by atoms with Crippen LogP contribution in [0.2, 0.25) is 0 Å². The molecule has 10 heteroatoms. The molecule has 176 valence electrons. The van der Waals surface area contributed by atoms with Crippen molar-refractivity contribution in [3.05, 3.63) is 78.4 Å². The molecule has 1 heterocycles. The van der Waals surface area contributed by atoms with E-state index in [1.165, 1.54) is 18.3 Å². The van der Waals surface area contributed by atoms with Crippen LogP contribution in [0.1, 0.15) is 12.5 Å². The van der Waals surface area contributed by atoms with Crippen LogP contribution in [0.5, 0.6) is 17.2 Å². The minimum Gasteiger partial charge on any atom is -0.494 e. The zero-order valence-corrected chi connectivity index (χ0v) is 19.2. The minimum absolute atomic E-state index is 0.0699. The number of rotatable bonds is 9. The molecule has 1 aliphatic rings. The SMILES string of the molecule is CCOc1ccc(N(CC(=O)N/N=C\c2ccc3c(c2)OCO3)S(=O)(=O)c2ccccc2)cc1. The molecule has 0 spiro atoms. The summed E-state index contributed by atoms with van der Waals surface area (Å²) in [5.41, 5.74) is 3.39. The zero-order chi connectivity index (χ0) is 24.0. The molecule has 0 aromatic heterocycles. The molecule has 0 atom stereocenters. The summed E-state index contributed by atoms with van der Waals surface area (Å²) in [6, 6.07) is 19.6. The van der Waals surface area contributed by atoms with E-state index in [1.54, 1.807) is 60.7 Å². The lowest BCUT2D eigenvalue weighted by molar-refractivity contribution is -0.119. The quantitative estimate of drug-likeness (QED) is 0.372. The van der Waals surface area contributed by atoms with Gasteiger partial charge in [0.25, 0.3) is 15.9 Å². The van der Waals surface area contributed by atoms with Crippen molar-refractivity contribution < 1.29 is 27.4 Å². The Labute approximate surface area is 197 Å². The van der Waals surface area contributed by atoms with Crippen molar-refractivity contribution in [2.24, 2.45) is 5.10 Å². The van der Waals surface area contributed by atoms with Gasteiger partial charge < -0.3 is 14.2 Å². The summed E-state index contributed by atoms with van der Waals surface area (Å²) < 4.78 is 43.7. The molecule has 0 fully saturated rings. The third-order valence-electron chi connectivity index (χ3n) is 4.85. The number of hydrogen-bond acceptors (Lipinski definition) is 7. The fraction of sp³-hybridized carbons (Fsp3) is 0.167. The van der Waals surface area contributed by atoms with Crippen molar-refractivity contribution in [1.82, 2.24) is 5.43 Å². The van der Waals surface area contributed by atoms with Crippen LogP contribution >= 0.6 is 0 Å². The van der Waals surface area contributed by atoms with Crippen LogP contribution in [0.15, 0.2) is 82.8 Å². The number of carbonyl (C=O) groups is 1. The van der Waals surface area contributed by atoms with Gasteiger partial charge in [-0.05, 0) is 67.1 Å². The van der Waals surface area contributed by atoms with Gasteiger partial charge in [0.2, 0.25) is 6.79 Å². The third kappa shape index (κ3) is 5.29. The first-order valence-electron chi connectivity index (χ1n) is 10.5. The Bertz CT molecular complexity index is 1280. The molecule has 9 nitrogen and oxygen atoms in total. The van der Waals surface area contributed by atoms with Gasteiger partial charge in [0, 0.05) is 0 Å². The maximum Gasteiger partial charge on any atom is 0.264 e. The Morgan fingerprint density at radius 1 is 1.06 bits per heavy atom. The third-order valence-corrected chi connectivity index (χ3v) is 6.64. The van der Waals surface area contributed by atoms with Crippen LogP contribution in [0.25, 0.3) is 0 Å². The number of nitrogens with one attached hydrogen (secondary N) is 1. The Morgan fingerprint density at radius 3 is 2.53 bits per heavy atom. The van der Waals surface area contributed by atoms with E-state index in [4.69, 9.17) is 14.2 Å². The molecular formula is C24H23N3O6S. The number of hydrazone groups is 1. The maximum absolute atomic E-state index is 13.3. The average molecular weight is 482 g/mol. The highest BCUT2D eigenvalue weighted by molar-refractivity contribution is 7.92.